The molecule has 1 N–H and O–H groups in total. The fourth-order valence-electron chi connectivity index (χ4n) is 3.98. The summed E-state index contributed by atoms with van der Waals surface area (Å²) in [6.07, 6.45) is 6.20. The molecule has 1 amide bonds. The third-order valence-electron chi connectivity index (χ3n) is 5.67. The number of piperidine rings is 2. The molecule has 8 heteroatoms. The van der Waals surface area contributed by atoms with Crippen LogP contribution in [0.1, 0.15) is 45.4 Å². The molecule has 2 aliphatic heterocycles. The number of nitrogens with zero attached hydrogens (tertiary/aromatic N) is 2. The van der Waals surface area contributed by atoms with Crippen LogP contribution < -0.4 is 10.1 Å². The van der Waals surface area contributed by atoms with E-state index in [-0.39, 0.29) is 10.8 Å². The predicted octanol–water partition coefficient (Wildman–Crippen LogP) is 2.68. The molecule has 0 saturated carbocycles. The number of ether oxygens (including phenoxy) is 1. The van der Waals surface area contributed by atoms with E-state index in [1.54, 1.807) is 12.1 Å². The van der Waals surface area contributed by atoms with E-state index in [0.29, 0.717) is 37.1 Å². The number of methoxy groups -OCH3 is 1. The molecule has 2 fully saturated rings. The summed E-state index contributed by atoms with van der Waals surface area (Å²) in [6.45, 7) is 4.43. The van der Waals surface area contributed by atoms with Crippen LogP contribution >= 0.6 is 0 Å². The lowest BCUT2D eigenvalue weighted by Crippen LogP contribution is -2.42. The van der Waals surface area contributed by atoms with Crippen LogP contribution in [-0.2, 0) is 14.8 Å². The Labute approximate surface area is 168 Å². The minimum atomic E-state index is -3.65. The van der Waals surface area contributed by atoms with E-state index in [1.807, 2.05) is 0 Å². The highest BCUT2D eigenvalue weighted by Gasteiger charge is 2.29. The van der Waals surface area contributed by atoms with Crippen LogP contribution in [0.15, 0.2) is 23.1 Å². The van der Waals surface area contributed by atoms with Crippen molar-refractivity contribution in [2.24, 2.45) is 0 Å². The van der Waals surface area contributed by atoms with Crippen LogP contribution in [-0.4, -0.2) is 62.9 Å². The highest BCUT2D eigenvalue weighted by atomic mass is 32.2. The van der Waals surface area contributed by atoms with E-state index in [4.69, 9.17) is 4.74 Å². The molecule has 156 valence electrons. The maximum absolute atomic E-state index is 13.1. The maximum Gasteiger partial charge on any atom is 0.246 e. The molecule has 1 aromatic carbocycles. The number of hydrogen-bond acceptors (Lipinski definition) is 5. The summed E-state index contributed by atoms with van der Waals surface area (Å²) < 4.78 is 33.0. The van der Waals surface area contributed by atoms with Crippen molar-refractivity contribution in [2.45, 2.75) is 56.4 Å². The number of carbonyl (C=O) groups is 1. The second-order valence-corrected chi connectivity index (χ2v) is 9.60. The highest BCUT2D eigenvalue weighted by Crippen LogP contribution is 2.31. The lowest BCUT2D eigenvalue weighted by Gasteiger charge is -2.32. The van der Waals surface area contributed by atoms with Crippen LogP contribution in [0.3, 0.4) is 0 Å². The zero-order chi connectivity index (χ0) is 20.1. The van der Waals surface area contributed by atoms with Crippen molar-refractivity contribution in [2.75, 3.05) is 38.6 Å². The molecule has 2 heterocycles. The van der Waals surface area contributed by atoms with Gasteiger partial charge in [0.05, 0.1) is 13.7 Å². The van der Waals surface area contributed by atoms with E-state index in [0.717, 1.165) is 38.6 Å². The lowest BCUT2D eigenvalue weighted by atomic mass is 10.0. The summed E-state index contributed by atoms with van der Waals surface area (Å²) in [5, 5.41) is 2.86. The van der Waals surface area contributed by atoms with Gasteiger partial charge in [0.2, 0.25) is 15.9 Å². The van der Waals surface area contributed by atoms with Crippen molar-refractivity contribution in [3.63, 3.8) is 0 Å². The van der Waals surface area contributed by atoms with Gasteiger partial charge in [-0.15, -0.1) is 0 Å². The number of benzene rings is 1. The Morgan fingerprint density at radius 2 is 1.86 bits per heavy atom. The summed E-state index contributed by atoms with van der Waals surface area (Å²) in [7, 11) is -2.19. The van der Waals surface area contributed by atoms with Crippen LogP contribution in [0.25, 0.3) is 0 Å². The number of anilines is 1. The Kier molecular flexibility index (Phi) is 6.95. The van der Waals surface area contributed by atoms with Gasteiger partial charge >= 0.3 is 0 Å². The number of carbonyl (C=O) groups excluding carboxylic acids is 1. The molecule has 3 rings (SSSR count). The second-order valence-electron chi connectivity index (χ2n) is 7.69. The topological polar surface area (TPSA) is 79.0 Å². The summed E-state index contributed by atoms with van der Waals surface area (Å²) in [6, 6.07) is 5.20. The average Bonchev–Trinajstić information content (AvgIpc) is 2.70. The molecule has 1 aromatic rings. The molecule has 28 heavy (non-hydrogen) atoms. The highest BCUT2D eigenvalue weighted by molar-refractivity contribution is 7.89. The van der Waals surface area contributed by atoms with Crippen molar-refractivity contribution in [1.82, 2.24) is 9.21 Å². The fraction of sp³-hybridized carbons (Fsp3) is 0.650. The van der Waals surface area contributed by atoms with Crippen molar-refractivity contribution >= 4 is 21.6 Å². The normalized spacial score (nSPS) is 22.0. The standard InChI is InChI=1S/C20H31N3O4S/c1-16-8-4-7-11-22(16)15-20(24)21-17-9-10-18(27-2)19(14-17)28(25,26)23-12-5-3-6-13-23/h9-10,14,16H,3-8,11-13,15H2,1-2H3,(H,21,24)/t16-/m0/s1. The minimum Gasteiger partial charge on any atom is -0.495 e. The fourth-order valence-corrected chi connectivity index (χ4v) is 5.68. The average molecular weight is 410 g/mol. The number of nitrogens with one attached hydrogen (secondary N) is 1. The van der Waals surface area contributed by atoms with Gasteiger partial charge < -0.3 is 10.1 Å². The Morgan fingerprint density at radius 1 is 1.14 bits per heavy atom. The van der Waals surface area contributed by atoms with E-state index in [1.165, 1.54) is 23.9 Å². The number of likely N-dealkylation sites (tertiary alicyclic amines) is 1. The third-order valence-corrected chi connectivity index (χ3v) is 7.59. The SMILES string of the molecule is COc1ccc(NC(=O)CN2CCCC[C@@H]2C)cc1S(=O)(=O)N1CCCCC1. The number of sulfonamides is 1. The molecule has 0 aromatic heterocycles. The van der Waals surface area contributed by atoms with E-state index in [9.17, 15) is 13.2 Å². The predicted molar refractivity (Wildman–Crippen MR) is 109 cm³/mol. The number of hydrogen-bond donors (Lipinski definition) is 1. The van der Waals surface area contributed by atoms with Crippen LogP contribution in [0.2, 0.25) is 0 Å². The molecule has 0 radical (unpaired) electrons. The molecule has 0 bridgehead atoms. The second kappa shape index (κ2) is 9.24. The zero-order valence-corrected chi connectivity index (χ0v) is 17.6. The van der Waals surface area contributed by atoms with Gasteiger partial charge in [-0.25, -0.2) is 8.42 Å². The number of amides is 1. The van der Waals surface area contributed by atoms with Crippen LogP contribution in [0.5, 0.6) is 5.75 Å². The van der Waals surface area contributed by atoms with Gasteiger partial charge in [-0.2, -0.15) is 4.31 Å². The van der Waals surface area contributed by atoms with Crippen molar-refractivity contribution in [3.8, 4) is 5.75 Å². The molecular formula is C20H31N3O4S. The van der Waals surface area contributed by atoms with E-state index >= 15 is 0 Å². The van der Waals surface area contributed by atoms with E-state index in [2.05, 4.69) is 17.1 Å². The summed E-state index contributed by atoms with van der Waals surface area (Å²) >= 11 is 0. The first-order valence-corrected chi connectivity index (χ1v) is 11.6. The van der Waals surface area contributed by atoms with Gasteiger partial charge in [0.1, 0.15) is 10.6 Å². The molecular weight excluding hydrogens is 378 g/mol. The zero-order valence-electron chi connectivity index (χ0n) is 16.8. The van der Waals surface area contributed by atoms with Crippen LogP contribution in [0.4, 0.5) is 5.69 Å². The van der Waals surface area contributed by atoms with Gasteiger partial charge in [0.15, 0.2) is 0 Å². The van der Waals surface area contributed by atoms with E-state index < -0.39 is 10.0 Å². The Bertz CT molecular complexity index is 791. The summed E-state index contributed by atoms with van der Waals surface area (Å²) in [4.78, 5) is 14.8. The van der Waals surface area contributed by atoms with Crippen molar-refractivity contribution in [3.05, 3.63) is 18.2 Å². The Morgan fingerprint density at radius 3 is 2.54 bits per heavy atom. The largest absolute Gasteiger partial charge is 0.495 e. The lowest BCUT2D eigenvalue weighted by molar-refractivity contribution is -0.118. The minimum absolute atomic E-state index is 0.112. The van der Waals surface area contributed by atoms with Gasteiger partial charge in [0.25, 0.3) is 0 Å². The molecule has 2 aliphatic rings. The third kappa shape index (κ3) is 4.85. The molecule has 0 spiro atoms. The van der Waals surface area contributed by atoms with Gasteiger partial charge in [-0.3, -0.25) is 9.69 Å². The Hall–Kier alpha value is -1.64. The van der Waals surface area contributed by atoms with Gasteiger partial charge in [0, 0.05) is 24.8 Å². The molecule has 0 aliphatic carbocycles. The number of rotatable bonds is 6. The molecule has 1 atom stereocenters. The van der Waals surface area contributed by atoms with Crippen molar-refractivity contribution < 1.29 is 17.9 Å². The first-order valence-electron chi connectivity index (χ1n) is 10.1. The molecule has 7 nitrogen and oxygen atoms in total. The Balaban J connectivity index is 1.75. The monoisotopic (exact) mass is 409 g/mol. The molecule has 0 unspecified atom stereocenters. The maximum atomic E-state index is 13.1. The summed E-state index contributed by atoms with van der Waals surface area (Å²) in [5.41, 5.74) is 0.478. The van der Waals surface area contributed by atoms with Crippen molar-refractivity contribution in [1.29, 1.82) is 0 Å². The molecule has 2 saturated heterocycles. The summed E-state index contributed by atoms with van der Waals surface area (Å²) in [5.74, 6) is 0.175. The van der Waals surface area contributed by atoms with Gasteiger partial charge in [-0.1, -0.05) is 12.8 Å². The smallest absolute Gasteiger partial charge is 0.246 e. The van der Waals surface area contributed by atoms with Gasteiger partial charge in [-0.05, 0) is 57.4 Å². The quantitative estimate of drug-likeness (QED) is 0.781. The first kappa shape index (κ1) is 21.1. The van der Waals surface area contributed by atoms with Crippen LogP contribution in [0, 0.1) is 0 Å². The first-order chi connectivity index (χ1) is 13.4.